The molecule has 3 N–H and O–H groups in total. The van der Waals surface area contributed by atoms with Crippen molar-refractivity contribution in [2.75, 3.05) is 6.61 Å². The molecule has 0 saturated heterocycles. The standard InChI is InChI=1S/C13H20N4O3/c1-2-20-13(19)11(14)12(18)16-9-4-3-5-10(9)17-7-6-15-8-17/h6-11H,2-5,14H2,1H3,(H,16,18). The zero-order valence-corrected chi connectivity index (χ0v) is 11.5. The molecule has 1 amide bonds. The van der Waals surface area contributed by atoms with Crippen LogP contribution >= 0.6 is 0 Å². The fourth-order valence-corrected chi connectivity index (χ4v) is 2.54. The zero-order chi connectivity index (χ0) is 14.5. The van der Waals surface area contributed by atoms with Crippen LogP contribution in [-0.4, -0.2) is 40.1 Å². The highest BCUT2D eigenvalue weighted by Crippen LogP contribution is 2.29. The molecule has 1 saturated carbocycles. The molecule has 1 fully saturated rings. The molecule has 0 bridgehead atoms. The monoisotopic (exact) mass is 280 g/mol. The Bertz CT molecular complexity index is 460. The van der Waals surface area contributed by atoms with E-state index in [1.54, 1.807) is 19.4 Å². The van der Waals surface area contributed by atoms with Crippen molar-refractivity contribution in [3.8, 4) is 0 Å². The molecule has 3 unspecified atom stereocenters. The van der Waals surface area contributed by atoms with E-state index in [1.807, 2.05) is 10.8 Å². The van der Waals surface area contributed by atoms with E-state index in [-0.39, 0.29) is 18.7 Å². The molecule has 0 spiro atoms. The first kappa shape index (κ1) is 14.5. The van der Waals surface area contributed by atoms with Crippen molar-refractivity contribution in [1.29, 1.82) is 0 Å². The van der Waals surface area contributed by atoms with Gasteiger partial charge in [0.15, 0.2) is 6.04 Å². The molecule has 1 aromatic rings. The Balaban J connectivity index is 1.95. The van der Waals surface area contributed by atoms with Gasteiger partial charge in [0, 0.05) is 18.4 Å². The average Bonchev–Trinajstić information content (AvgIpc) is 3.08. The van der Waals surface area contributed by atoms with E-state index >= 15 is 0 Å². The highest BCUT2D eigenvalue weighted by Gasteiger charge is 2.32. The zero-order valence-electron chi connectivity index (χ0n) is 11.5. The van der Waals surface area contributed by atoms with Gasteiger partial charge < -0.3 is 20.4 Å². The van der Waals surface area contributed by atoms with Crippen LogP contribution in [0.4, 0.5) is 0 Å². The van der Waals surface area contributed by atoms with Crippen molar-refractivity contribution in [3.63, 3.8) is 0 Å². The summed E-state index contributed by atoms with van der Waals surface area (Å²) in [7, 11) is 0. The SMILES string of the molecule is CCOC(=O)C(N)C(=O)NC1CCCC1n1ccnc1. The number of nitrogens with two attached hydrogens (primary N) is 1. The number of ether oxygens (including phenoxy) is 1. The normalized spacial score (nSPS) is 23.3. The molecular weight excluding hydrogens is 260 g/mol. The number of nitrogens with one attached hydrogen (secondary N) is 1. The minimum Gasteiger partial charge on any atom is -0.464 e. The van der Waals surface area contributed by atoms with Gasteiger partial charge >= 0.3 is 5.97 Å². The molecule has 3 atom stereocenters. The first-order chi connectivity index (χ1) is 9.63. The maximum absolute atomic E-state index is 12.0. The van der Waals surface area contributed by atoms with Gasteiger partial charge in [-0.3, -0.25) is 4.79 Å². The molecule has 0 radical (unpaired) electrons. The lowest BCUT2D eigenvalue weighted by Gasteiger charge is -2.23. The molecule has 1 aliphatic rings. The molecule has 7 heteroatoms. The second kappa shape index (κ2) is 6.51. The van der Waals surface area contributed by atoms with Crippen molar-refractivity contribution in [2.45, 2.75) is 44.3 Å². The van der Waals surface area contributed by atoms with Gasteiger partial charge in [0.25, 0.3) is 0 Å². The lowest BCUT2D eigenvalue weighted by Crippen LogP contribution is -2.50. The Morgan fingerprint density at radius 2 is 2.35 bits per heavy atom. The molecular formula is C13H20N4O3. The van der Waals surface area contributed by atoms with Crippen LogP contribution in [0.5, 0.6) is 0 Å². The van der Waals surface area contributed by atoms with E-state index in [9.17, 15) is 9.59 Å². The fourth-order valence-electron chi connectivity index (χ4n) is 2.54. The second-order valence-electron chi connectivity index (χ2n) is 4.85. The Morgan fingerprint density at radius 3 is 3.00 bits per heavy atom. The van der Waals surface area contributed by atoms with Crippen molar-refractivity contribution >= 4 is 11.9 Å². The smallest absolute Gasteiger partial charge is 0.332 e. The number of hydrogen-bond acceptors (Lipinski definition) is 5. The molecule has 2 rings (SSSR count). The lowest BCUT2D eigenvalue weighted by molar-refractivity contribution is -0.148. The minimum atomic E-state index is -1.26. The minimum absolute atomic E-state index is 0.0304. The quantitative estimate of drug-likeness (QED) is 0.583. The lowest BCUT2D eigenvalue weighted by atomic mass is 10.1. The van der Waals surface area contributed by atoms with Gasteiger partial charge in [-0.05, 0) is 26.2 Å². The van der Waals surface area contributed by atoms with E-state index in [0.717, 1.165) is 19.3 Å². The fraction of sp³-hybridized carbons (Fsp3) is 0.615. The summed E-state index contributed by atoms with van der Waals surface area (Å²) in [6.45, 7) is 1.88. The van der Waals surface area contributed by atoms with Crippen LogP contribution in [0, 0.1) is 0 Å². The predicted molar refractivity (Wildman–Crippen MR) is 71.7 cm³/mol. The Labute approximate surface area is 117 Å². The maximum atomic E-state index is 12.0. The summed E-state index contributed by atoms with van der Waals surface area (Å²) in [4.78, 5) is 27.4. The number of aromatic nitrogens is 2. The highest BCUT2D eigenvalue weighted by atomic mass is 16.5. The summed E-state index contributed by atoms with van der Waals surface area (Å²) < 4.78 is 6.73. The van der Waals surface area contributed by atoms with Crippen molar-refractivity contribution in [1.82, 2.24) is 14.9 Å². The molecule has 1 aromatic heterocycles. The third-order valence-electron chi connectivity index (χ3n) is 3.54. The number of hydrogen-bond donors (Lipinski definition) is 2. The molecule has 110 valence electrons. The molecule has 1 aliphatic carbocycles. The third kappa shape index (κ3) is 3.16. The maximum Gasteiger partial charge on any atom is 0.332 e. The summed E-state index contributed by atoms with van der Waals surface area (Å²) in [6.07, 6.45) is 8.17. The van der Waals surface area contributed by atoms with Gasteiger partial charge in [0.05, 0.1) is 19.0 Å². The van der Waals surface area contributed by atoms with Crippen LogP contribution < -0.4 is 11.1 Å². The van der Waals surface area contributed by atoms with Gasteiger partial charge in [-0.1, -0.05) is 0 Å². The Hall–Kier alpha value is -1.89. The number of carbonyl (C=O) groups excluding carboxylic acids is 2. The van der Waals surface area contributed by atoms with Gasteiger partial charge in [0.2, 0.25) is 5.91 Å². The van der Waals surface area contributed by atoms with Gasteiger partial charge in [-0.2, -0.15) is 0 Å². The van der Waals surface area contributed by atoms with Crippen molar-refractivity contribution < 1.29 is 14.3 Å². The predicted octanol–water partition coefficient (Wildman–Crippen LogP) is -0.0167. The Morgan fingerprint density at radius 1 is 1.55 bits per heavy atom. The van der Waals surface area contributed by atoms with Crippen LogP contribution in [0.25, 0.3) is 0 Å². The number of esters is 1. The number of amides is 1. The average molecular weight is 280 g/mol. The Kier molecular flexibility index (Phi) is 4.73. The topological polar surface area (TPSA) is 99.2 Å². The summed E-state index contributed by atoms with van der Waals surface area (Å²) in [5, 5.41) is 2.84. The summed E-state index contributed by atoms with van der Waals surface area (Å²) in [6, 6.07) is -1.13. The second-order valence-corrected chi connectivity index (χ2v) is 4.85. The molecule has 7 nitrogen and oxygen atoms in total. The molecule has 0 aliphatic heterocycles. The largest absolute Gasteiger partial charge is 0.464 e. The number of rotatable bonds is 5. The van der Waals surface area contributed by atoms with E-state index in [4.69, 9.17) is 10.5 Å². The van der Waals surface area contributed by atoms with Crippen molar-refractivity contribution in [2.24, 2.45) is 5.73 Å². The highest BCUT2D eigenvalue weighted by molar-refractivity contribution is 6.01. The van der Waals surface area contributed by atoms with E-state index in [2.05, 4.69) is 10.3 Å². The van der Waals surface area contributed by atoms with Crippen LogP contribution in [0.1, 0.15) is 32.2 Å². The number of imidazole rings is 1. The van der Waals surface area contributed by atoms with E-state index < -0.39 is 17.9 Å². The van der Waals surface area contributed by atoms with Crippen LogP contribution in [-0.2, 0) is 14.3 Å². The van der Waals surface area contributed by atoms with E-state index in [1.165, 1.54) is 0 Å². The summed E-state index contributed by atoms with van der Waals surface area (Å²) >= 11 is 0. The van der Waals surface area contributed by atoms with Gasteiger partial charge in [0.1, 0.15) is 0 Å². The van der Waals surface area contributed by atoms with E-state index in [0.29, 0.717) is 0 Å². The van der Waals surface area contributed by atoms with Crippen molar-refractivity contribution in [3.05, 3.63) is 18.7 Å². The summed E-state index contributed by atoms with van der Waals surface area (Å²) in [5.41, 5.74) is 5.58. The van der Waals surface area contributed by atoms with Gasteiger partial charge in [-0.25, -0.2) is 9.78 Å². The summed E-state index contributed by atoms with van der Waals surface area (Å²) in [5.74, 6) is -1.18. The molecule has 20 heavy (non-hydrogen) atoms. The molecule has 0 aromatic carbocycles. The van der Waals surface area contributed by atoms with Crippen LogP contribution in [0.3, 0.4) is 0 Å². The van der Waals surface area contributed by atoms with Crippen LogP contribution in [0.15, 0.2) is 18.7 Å². The molecule has 1 heterocycles. The van der Waals surface area contributed by atoms with Gasteiger partial charge in [-0.15, -0.1) is 0 Å². The first-order valence-electron chi connectivity index (χ1n) is 6.83. The number of carbonyl (C=O) groups is 2. The van der Waals surface area contributed by atoms with Crippen LogP contribution in [0.2, 0.25) is 0 Å². The first-order valence-corrected chi connectivity index (χ1v) is 6.83. The number of nitrogens with zero attached hydrogens (tertiary/aromatic N) is 2. The third-order valence-corrected chi connectivity index (χ3v) is 3.54.